The molecule has 2 atom stereocenters. The Kier molecular flexibility index (Phi) is 6.53. The van der Waals surface area contributed by atoms with Gasteiger partial charge in [-0.1, -0.05) is 54.6 Å². The summed E-state index contributed by atoms with van der Waals surface area (Å²) in [6.07, 6.45) is -0.857. The number of hydrogen-bond acceptors (Lipinski definition) is 5. The Morgan fingerprint density at radius 2 is 1.69 bits per heavy atom. The summed E-state index contributed by atoms with van der Waals surface area (Å²) in [4.78, 5) is 16.5. The lowest BCUT2D eigenvalue weighted by atomic mass is 9.98. The normalized spacial score (nSPS) is 14.4. The number of ether oxygens (including phenoxy) is 1. The number of amides is 1. The number of carbonyl (C=O) groups excluding carboxylic acids is 1. The van der Waals surface area contributed by atoms with E-state index in [1.165, 1.54) is 11.1 Å². The molecule has 166 valence electrons. The van der Waals surface area contributed by atoms with Gasteiger partial charge < -0.3 is 20.3 Å². The number of aliphatic hydroxyl groups is 2. The van der Waals surface area contributed by atoms with Crippen molar-refractivity contribution in [1.29, 1.82) is 0 Å². The van der Waals surface area contributed by atoms with Gasteiger partial charge in [0, 0.05) is 18.7 Å². The zero-order valence-electron chi connectivity index (χ0n) is 18.3. The number of benzene rings is 2. The van der Waals surface area contributed by atoms with E-state index >= 15 is 0 Å². The second-order valence-electron chi connectivity index (χ2n) is 8.27. The fourth-order valence-corrected chi connectivity index (χ4v) is 4.35. The lowest BCUT2D eigenvalue weighted by Crippen LogP contribution is -2.31. The number of carbonyl (C=O) groups is 1. The van der Waals surface area contributed by atoms with Gasteiger partial charge in [0.1, 0.15) is 12.7 Å². The summed E-state index contributed by atoms with van der Waals surface area (Å²) < 4.78 is 5.49. The van der Waals surface area contributed by atoms with Gasteiger partial charge in [-0.3, -0.25) is 4.98 Å². The van der Waals surface area contributed by atoms with Crippen molar-refractivity contribution in [1.82, 2.24) is 10.3 Å². The first-order valence-electron chi connectivity index (χ1n) is 10.8. The molecule has 3 aromatic rings. The van der Waals surface area contributed by atoms with Crippen molar-refractivity contribution in [2.24, 2.45) is 0 Å². The molecule has 0 fully saturated rings. The van der Waals surface area contributed by atoms with Crippen LogP contribution in [0.15, 0.2) is 60.8 Å². The van der Waals surface area contributed by atoms with Crippen molar-refractivity contribution in [2.75, 3.05) is 13.2 Å². The lowest BCUT2D eigenvalue weighted by molar-refractivity contribution is 0.0108. The van der Waals surface area contributed by atoms with Crippen LogP contribution in [0.5, 0.6) is 0 Å². The van der Waals surface area contributed by atoms with Gasteiger partial charge >= 0.3 is 6.09 Å². The molecule has 1 aliphatic carbocycles. The van der Waals surface area contributed by atoms with Gasteiger partial charge in [0.25, 0.3) is 0 Å². The lowest BCUT2D eigenvalue weighted by Gasteiger charge is -2.19. The molecule has 6 heteroatoms. The molecular formula is C26H28N2O4. The van der Waals surface area contributed by atoms with E-state index in [0.717, 1.165) is 22.3 Å². The molecule has 0 saturated carbocycles. The molecule has 0 radical (unpaired) electrons. The molecule has 2 unspecified atom stereocenters. The van der Waals surface area contributed by atoms with Crippen LogP contribution in [0.4, 0.5) is 4.79 Å². The van der Waals surface area contributed by atoms with Crippen molar-refractivity contribution in [3.05, 3.63) is 88.7 Å². The van der Waals surface area contributed by atoms with Crippen LogP contribution < -0.4 is 5.32 Å². The number of aliphatic hydroxyl groups excluding tert-OH is 2. The molecule has 1 aliphatic rings. The molecule has 0 spiro atoms. The van der Waals surface area contributed by atoms with E-state index < -0.39 is 18.3 Å². The molecule has 1 aromatic heterocycles. The summed E-state index contributed by atoms with van der Waals surface area (Å²) in [5.74, 6) is -0.00357. The van der Waals surface area contributed by atoms with Gasteiger partial charge in [-0.25, -0.2) is 4.79 Å². The van der Waals surface area contributed by atoms with Gasteiger partial charge in [0.2, 0.25) is 0 Å². The third-order valence-electron chi connectivity index (χ3n) is 5.95. The van der Waals surface area contributed by atoms with E-state index in [1.54, 1.807) is 6.20 Å². The quantitative estimate of drug-likeness (QED) is 0.525. The van der Waals surface area contributed by atoms with Crippen molar-refractivity contribution >= 4 is 6.09 Å². The second-order valence-corrected chi connectivity index (χ2v) is 8.27. The van der Waals surface area contributed by atoms with E-state index in [-0.39, 0.29) is 25.5 Å². The highest BCUT2D eigenvalue weighted by molar-refractivity contribution is 5.79. The average Bonchev–Trinajstić information content (AvgIpc) is 3.11. The van der Waals surface area contributed by atoms with Gasteiger partial charge in [-0.15, -0.1) is 0 Å². The zero-order valence-corrected chi connectivity index (χ0v) is 18.3. The summed E-state index contributed by atoms with van der Waals surface area (Å²) in [5, 5.41) is 23.4. The van der Waals surface area contributed by atoms with Crippen molar-refractivity contribution in [3.63, 3.8) is 0 Å². The molecule has 4 rings (SSSR count). The predicted molar refractivity (Wildman–Crippen MR) is 122 cm³/mol. The van der Waals surface area contributed by atoms with E-state index in [2.05, 4.69) is 34.6 Å². The van der Waals surface area contributed by atoms with Crippen molar-refractivity contribution < 1.29 is 19.7 Å². The maximum atomic E-state index is 12.2. The van der Waals surface area contributed by atoms with Gasteiger partial charge in [0.15, 0.2) is 0 Å². The summed E-state index contributed by atoms with van der Waals surface area (Å²) in [5.41, 5.74) is 6.92. The maximum absolute atomic E-state index is 12.2. The van der Waals surface area contributed by atoms with Crippen LogP contribution >= 0.6 is 0 Å². The van der Waals surface area contributed by atoms with Gasteiger partial charge in [-0.2, -0.15) is 0 Å². The maximum Gasteiger partial charge on any atom is 0.407 e. The van der Waals surface area contributed by atoms with Crippen LogP contribution in [-0.4, -0.2) is 40.5 Å². The first kappa shape index (κ1) is 22.0. The SMILES string of the molecule is Cc1cnc(C(O)C(O)CCNC(=O)OCC2c3ccccc3-c3ccccc32)c(C)c1. The standard InChI is InChI=1S/C26H28N2O4/c1-16-13-17(2)24(28-14-16)25(30)23(29)11-12-27-26(31)32-15-22-20-9-5-3-7-18(20)19-8-4-6-10-21(19)22/h3-10,13-14,22-23,25,29-30H,11-12,15H2,1-2H3,(H,27,31). The van der Waals surface area contributed by atoms with Crippen LogP contribution in [0, 0.1) is 13.8 Å². The number of alkyl carbamates (subject to hydrolysis) is 1. The number of nitrogens with zero attached hydrogens (tertiary/aromatic N) is 1. The van der Waals surface area contributed by atoms with E-state index in [0.29, 0.717) is 5.69 Å². The first-order valence-corrected chi connectivity index (χ1v) is 10.8. The Labute approximate surface area is 187 Å². The van der Waals surface area contributed by atoms with Crippen molar-refractivity contribution in [2.45, 2.75) is 38.4 Å². The van der Waals surface area contributed by atoms with Crippen LogP contribution in [0.3, 0.4) is 0 Å². The van der Waals surface area contributed by atoms with Crippen LogP contribution in [-0.2, 0) is 4.74 Å². The summed E-state index contributed by atoms with van der Waals surface area (Å²) >= 11 is 0. The molecule has 0 aliphatic heterocycles. The largest absolute Gasteiger partial charge is 0.449 e. The molecule has 1 heterocycles. The van der Waals surface area contributed by atoms with Crippen molar-refractivity contribution in [3.8, 4) is 11.1 Å². The summed E-state index contributed by atoms with van der Waals surface area (Å²) in [7, 11) is 0. The topological polar surface area (TPSA) is 91.7 Å². The van der Waals surface area contributed by atoms with E-state index in [1.807, 2.05) is 44.2 Å². The highest BCUT2D eigenvalue weighted by atomic mass is 16.5. The Morgan fingerprint density at radius 1 is 1.06 bits per heavy atom. The predicted octanol–water partition coefficient (Wildman–Crippen LogP) is 4.02. The Balaban J connectivity index is 1.29. The van der Waals surface area contributed by atoms with E-state index in [4.69, 9.17) is 4.74 Å². The molecule has 1 amide bonds. The molecule has 0 bridgehead atoms. The highest BCUT2D eigenvalue weighted by Crippen LogP contribution is 2.44. The number of aromatic nitrogens is 1. The number of fused-ring (bicyclic) bond motifs is 3. The first-order chi connectivity index (χ1) is 15.5. The molecular weight excluding hydrogens is 404 g/mol. The molecule has 6 nitrogen and oxygen atoms in total. The van der Waals surface area contributed by atoms with Crippen LogP contribution in [0.2, 0.25) is 0 Å². The molecule has 32 heavy (non-hydrogen) atoms. The Hall–Kier alpha value is -3.22. The van der Waals surface area contributed by atoms with Gasteiger partial charge in [-0.05, 0) is 53.6 Å². The minimum absolute atomic E-state index is 0.00357. The van der Waals surface area contributed by atoms with E-state index in [9.17, 15) is 15.0 Å². The minimum atomic E-state index is -1.11. The smallest absolute Gasteiger partial charge is 0.407 e. The molecule has 3 N–H and O–H groups in total. The van der Waals surface area contributed by atoms with Gasteiger partial charge in [0.05, 0.1) is 11.8 Å². The fourth-order valence-electron chi connectivity index (χ4n) is 4.35. The summed E-state index contributed by atoms with van der Waals surface area (Å²) in [6, 6.07) is 18.2. The average molecular weight is 433 g/mol. The zero-order chi connectivity index (χ0) is 22.7. The summed E-state index contributed by atoms with van der Waals surface area (Å²) in [6.45, 7) is 4.18. The Bertz CT molecular complexity index is 1070. The number of rotatable bonds is 7. The third kappa shape index (κ3) is 4.52. The number of pyridine rings is 1. The van der Waals surface area contributed by atoms with Crippen LogP contribution in [0.25, 0.3) is 11.1 Å². The monoisotopic (exact) mass is 432 g/mol. The number of hydrogen-bond donors (Lipinski definition) is 3. The van der Waals surface area contributed by atoms with Crippen LogP contribution in [0.1, 0.15) is 46.4 Å². The third-order valence-corrected chi connectivity index (χ3v) is 5.95. The Morgan fingerprint density at radius 3 is 2.31 bits per heavy atom. The minimum Gasteiger partial charge on any atom is -0.449 e. The molecule has 2 aromatic carbocycles. The molecule has 0 saturated heterocycles. The second kappa shape index (κ2) is 9.51. The number of nitrogens with one attached hydrogen (secondary N) is 1. The fraction of sp³-hybridized carbons (Fsp3) is 0.308. The highest BCUT2D eigenvalue weighted by Gasteiger charge is 2.29. The number of aryl methyl sites for hydroxylation is 2.